The van der Waals surface area contributed by atoms with Crippen LogP contribution in [0.2, 0.25) is 0 Å². The summed E-state index contributed by atoms with van der Waals surface area (Å²) in [6.07, 6.45) is -1.00. The number of nitrogens with zero attached hydrogens (tertiary/aromatic N) is 3. The van der Waals surface area contributed by atoms with Crippen LogP contribution in [0.3, 0.4) is 0 Å². The first kappa shape index (κ1) is 18.4. The van der Waals surface area contributed by atoms with Crippen molar-refractivity contribution >= 4 is 11.7 Å². The maximum atomic E-state index is 13.1. The molecule has 1 aliphatic rings. The molecule has 8 heteroatoms. The van der Waals surface area contributed by atoms with Crippen LogP contribution in [-0.4, -0.2) is 78.8 Å². The number of likely N-dealkylation sites (N-methyl/N-ethyl adjacent to an activating group) is 1. The van der Waals surface area contributed by atoms with Crippen LogP contribution in [0.4, 0.5) is 5.82 Å². The van der Waals surface area contributed by atoms with Gasteiger partial charge in [0.2, 0.25) is 0 Å². The molecule has 1 aromatic heterocycles. The fourth-order valence-corrected chi connectivity index (χ4v) is 2.90. The Bertz CT molecular complexity index is 728. The van der Waals surface area contributed by atoms with Gasteiger partial charge in [-0.15, -0.1) is 0 Å². The zero-order valence-electron chi connectivity index (χ0n) is 14.7. The van der Waals surface area contributed by atoms with Gasteiger partial charge in [0, 0.05) is 32.2 Å². The summed E-state index contributed by atoms with van der Waals surface area (Å²) in [4.78, 5) is 16.4. The number of amides is 1. The first-order valence-corrected chi connectivity index (χ1v) is 8.54. The molecule has 140 valence electrons. The molecule has 1 aliphatic heterocycles. The van der Waals surface area contributed by atoms with Crippen molar-refractivity contribution in [3.63, 3.8) is 0 Å². The Morgan fingerprint density at radius 2 is 2.00 bits per heavy atom. The second-order valence-corrected chi connectivity index (χ2v) is 6.20. The summed E-state index contributed by atoms with van der Waals surface area (Å²) >= 11 is 0. The molecule has 0 saturated carbocycles. The predicted octanol–water partition coefficient (Wildman–Crippen LogP) is 0.603. The van der Waals surface area contributed by atoms with Gasteiger partial charge in [-0.25, -0.2) is 0 Å². The van der Waals surface area contributed by atoms with Crippen LogP contribution in [-0.2, 0) is 4.74 Å². The Morgan fingerprint density at radius 1 is 1.31 bits per heavy atom. The minimum atomic E-state index is -1.00. The van der Waals surface area contributed by atoms with Gasteiger partial charge in [-0.1, -0.05) is 35.5 Å². The van der Waals surface area contributed by atoms with Crippen LogP contribution < -0.4 is 4.90 Å². The highest BCUT2D eigenvalue weighted by Gasteiger charge is 2.30. The lowest BCUT2D eigenvalue weighted by Crippen LogP contribution is -2.39. The fourth-order valence-electron chi connectivity index (χ4n) is 2.90. The quantitative estimate of drug-likeness (QED) is 0.777. The number of benzene rings is 1. The predicted molar refractivity (Wildman–Crippen MR) is 95.0 cm³/mol. The third-order valence-electron chi connectivity index (χ3n) is 4.28. The minimum Gasteiger partial charge on any atom is -0.394 e. The average Bonchev–Trinajstić information content (AvgIpc) is 3.13. The van der Waals surface area contributed by atoms with Crippen LogP contribution in [0.5, 0.6) is 0 Å². The van der Waals surface area contributed by atoms with Crippen molar-refractivity contribution in [1.29, 1.82) is 0 Å². The molecule has 2 N–H and O–H groups in total. The molecule has 8 nitrogen and oxygen atoms in total. The van der Waals surface area contributed by atoms with Gasteiger partial charge in [-0.05, 0) is 0 Å². The van der Waals surface area contributed by atoms with Crippen LogP contribution in [0.1, 0.15) is 10.4 Å². The van der Waals surface area contributed by atoms with Crippen LogP contribution in [0.15, 0.2) is 34.9 Å². The molecule has 26 heavy (non-hydrogen) atoms. The van der Waals surface area contributed by atoms with Gasteiger partial charge >= 0.3 is 0 Å². The third kappa shape index (κ3) is 3.87. The summed E-state index contributed by atoms with van der Waals surface area (Å²) in [5.41, 5.74) is 1.10. The van der Waals surface area contributed by atoms with E-state index >= 15 is 0 Å². The fraction of sp³-hybridized carbons (Fsp3) is 0.444. The van der Waals surface area contributed by atoms with Gasteiger partial charge in [0.05, 0.1) is 25.9 Å². The van der Waals surface area contributed by atoms with Crippen molar-refractivity contribution < 1.29 is 24.3 Å². The summed E-state index contributed by atoms with van der Waals surface area (Å²) in [6, 6.07) is 9.30. The number of morpholine rings is 1. The van der Waals surface area contributed by atoms with Gasteiger partial charge in [-0.2, -0.15) is 0 Å². The first-order valence-electron chi connectivity index (χ1n) is 8.54. The minimum absolute atomic E-state index is 0.0112. The Morgan fingerprint density at radius 3 is 2.65 bits per heavy atom. The van der Waals surface area contributed by atoms with Crippen molar-refractivity contribution in [3.8, 4) is 11.3 Å². The highest BCUT2D eigenvalue weighted by Crippen LogP contribution is 2.32. The molecular weight excluding hydrogens is 338 g/mol. The normalized spacial score (nSPS) is 15.7. The number of carbonyl (C=O) groups excluding carboxylic acids is 1. The molecule has 1 aromatic carbocycles. The molecule has 1 saturated heterocycles. The second-order valence-electron chi connectivity index (χ2n) is 6.20. The summed E-state index contributed by atoms with van der Waals surface area (Å²) in [7, 11) is 1.58. The highest BCUT2D eigenvalue weighted by atomic mass is 16.5. The smallest absolute Gasteiger partial charge is 0.261 e. The Balaban J connectivity index is 1.98. The number of hydrogen-bond acceptors (Lipinski definition) is 7. The van der Waals surface area contributed by atoms with Crippen molar-refractivity contribution in [1.82, 2.24) is 10.1 Å². The average molecular weight is 361 g/mol. The monoisotopic (exact) mass is 361 g/mol. The van der Waals surface area contributed by atoms with Gasteiger partial charge in [0.15, 0.2) is 11.6 Å². The second kappa shape index (κ2) is 8.31. The summed E-state index contributed by atoms with van der Waals surface area (Å²) in [5, 5.41) is 22.9. The van der Waals surface area contributed by atoms with E-state index in [1.54, 1.807) is 7.05 Å². The Kier molecular flexibility index (Phi) is 5.87. The molecule has 1 fully saturated rings. The van der Waals surface area contributed by atoms with E-state index in [1.807, 2.05) is 35.2 Å². The van der Waals surface area contributed by atoms with Crippen molar-refractivity contribution in [3.05, 3.63) is 35.9 Å². The largest absolute Gasteiger partial charge is 0.394 e. The lowest BCUT2D eigenvalue weighted by molar-refractivity contribution is 0.0520. The lowest BCUT2D eigenvalue weighted by atomic mass is 10.1. The molecule has 0 aliphatic carbocycles. The summed E-state index contributed by atoms with van der Waals surface area (Å²) in [5.74, 6) is 0.545. The topological polar surface area (TPSA) is 99.3 Å². The number of carbonyl (C=O) groups is 1. The van der Waals surface area contributed by atoms with Crippen LogP contribution in [0.25, 0.3) is 11.3 Å². The molecule has 1 atom stereocenters. The van der Waals surface area contributed by atoms with E-state index in [4.69, 9.17) is 14.4 Å². The molecule has 3 rings (SSSR count). The van der Waals surface area contributed by atoms with E-state index in [9.17, 15) is 9.90 Å². The third-order valence-corrected chi connectivity index (χ3v) is 4.28. The Hall–Kier alpha value is -2.42. The zero-order chi connectivity index (χ0) is 18.5. The molecule has 1 amide bonds. The SMILES string of the molecule is CN(CC(O)CO)C(=O)c1c(N2CCOCC2)noc1-c1ccccc1. The molecule has 0 spiro atoms. The number of aromatic nitrogens is 1. The number of aliphatic hydroxyl groups is 2. The summed E-state index contributed by atoms with van der Waals surface area (Å²) in [6.45, 7) is 1.94. The van der Waals surface area contributed by atoms with Gasteiger partial charge in [-0.3, -0.25) is 4.79 Å². The maximum absolute atomic E-state index is 13.1. The number of rotatable bonds is 6. The number of anilines is 1. The van der Waals surface area contributed by atoms with Crippen molar-refractivity contribution in [2.45, 2.75) is 6.10 Å². The summed E-state index contributed by atoms with van der Waals surface area (Å²) < 4.78 is 10.9. The van der Waals surface area contributed by atoms with Crippen molar-refractivity contribution in [2.24, 2.45) is 0 Å². The van der Waals surface area contributed by atoms with E-state index in [2.05, 4.69) is 5.16 Å². The standard InChI is InChI=1S/C18H23N3O5/c1-20(11-14(23)12-22)18(24)15-16(13-5-3-2-4-6-13)26-19-17(15)21-7-9-25-10-8-21/h2-6,14,22-23H,7-12H2,1H3. The molecule has 0 radical (unpaired) electrons. The molecule has 2 aromatic rings. The van der Waals surface area contributed by atoms with Gasteiger partial charge < -0.3 is 29.3 Å². The molecule has 1 unspecified atom stereocenters. The van der Waals surface area contributed by atoms with Gasteiger partial charge in [0.25, 0.3) is 5.91 Å². The number of aliphatic hydroxyl groups excluding tert-OH is 2. The van der Waals surface area contributed by atoms with E-state index < -0.39 is 12.7 Å². The maximum Gasteiger partial charge on any atom is 0.261 e. The van der Waals surface area contributed by atoms with Gasteiger partial charge in [0.1, 0.15) is 5.56 Å². The molecular formula is C18H23N3O5. The van der Waals surface area contributed by atoms with E-state index in [0.717, 1.165) is 5.56 Å². The molecule has 0 bridgehead atoms. The number of hydrogen-bond donors (Lipinski definition) is 2. The van der Waals surface area contributed by atoms with E-state index in [-0.39, 0.29) is 12.5 Å². The van der Waals surface area contributed by atoms with E-state index in [1.165, 1.54) is 4.90 Å². The van der Waals surface area contributed by atoms with Crippen LogP contribution in [0, 0.1) is 0 Å². The van der Waals surface area contributed by atoms with Crippen molar-refractivity contribution in [2.75, 3.05) is 51.4 Å². The zero-order valence-corrected chi connectivity index (χ0v) is 14.7. The highest BCUT2D eigenvalue weighted by molar-refractivity contribution is 6.04. The van der Waals surface area contributed by atoms with E-state index in [0.29, 0.717) is 43.4 Å². The number of ether oxygens (including phenoxy) is 1. The first-order chi connectivity index (χ1) is 12.6. The Labute approximate surface area is 151 Å². The van der Waals surface area contributed by atoms with Crippen LogP contribution >= 0.6 is 0 Å². The lowest BCUT2D eigenvalue weighted by Gasteiger charge is -2.28. The molecule has 2 heterocycles.